The van der Waals surface area contributed by atoms with Crippen molar-refractivity contribution in [1.29, 1.82) is 0 Å². The fourth-order valence-corrected chi connectivity index (χ4v) is 5.10. The van der Waals surface area contributed by atoms with Crippen molar-refractivity contribution in [1.82, 2.24) is 15.4 Å². The van der Waals surface area contributed by atoms with Gasteiger partial charge < -0.3 is 25.7 Å². The second-order valence-electron chi connectivity index (χ2n) is 7.99. The average molecular weight is 541 g/mol. The number of benzene rings is 2. The van der Waals surface area contributed by atoms with E-state index >= 15 is 0 Å². The molecule has 0 spiro atoms. The minimum absolute atomic E-state index is 0.107. The van der Waals surface area contributed by atoms with Gasteiger partial charge in [0.15, 0.2) is 0 Å². The molecule has 0 bridgehead atoms. The summed E-state index contributed by atoms with van der Waals surface area (Å²) in [5.41, 5.74) is 0.780. The molecule has 0 aromatic heterocycles. The Balaban J connectivity index is 2.15. The number of carboxylic acids is 2. The van der Waals surface area contributed by atoms with Gasteiger partial charge in [-0.2, -0.15) is 17.4 Å². The van der Waals surface area contributed by atoms with Crippen molar-refractivity contribution >= 4 is 62.9 Å². The lowest BCUT2D eigenvalue weighted by atomic mass is 10.1. The summed E-state index contributed by atoms with van der Waals surface area (Å²) >= 11 is 3.95. The normalized spacial score (nSPS) is 13.0. The molecular formula is C22H28N4O8S2. The number of nitrogens with one attached hydrogen (secondary N) is 3. The van der Waals surface area contributed by atoms with Crippen molar-refractivity contribution in [3.8, 4) is 0 Å². The molecule has 14 heteroatoms. The average Bonchev–Trinajstić information content (AvgIpc) is 2.82. The fourth-order valence-electron chi connectivity index (χ4n) is 3.39. The molecule has 2 amide bonds. The molecule has 5 N–H and O–H groups in total. The summed E-state index contributed by atoms with van der Waals surface area (Å²) in [5, 5.41) is 23.7. The number of sulfonamides is 1. The van der Waals surface area contributed by atoms with Crippen LogP contribution in [-0.4, -0.2) is 80.9 Å². The number of anilines is 1. The van der Waals surface area contributed by atoms with Crippen LogP contribution < -0.4 is 20.3 Å². The Labute approximate surface area is 213 Å². The van der Waals surface area contributed by atoms with Crippen LogP contribution in [0.5, 0.6) is 0 Å². The molecule has 0 fully saturated rings. The first-order valence-electron chi connectivity index (χ1n) is 10.7. The van der Waals surface area contributed by atoms with Crippen molar-refractivity contribution in [2.75, 3.05) is 31.3 Å². The molecule has 12 nitrogen and oxygen atoms in total. The number of carboxylic acid groups (broad SMARTS) is 2. The summed E-state index contributed by atoms with van der Waals surface area (Å²) in [5.74, 6) is -4.39. The highest BCUT2D eigenvalue weighted by Gasteiger charge is 2.28. The summed E-state index contributed by atoms with van der Waals surface area (Å²) in [6.07, 6.45) is -0.819. The highest BCUT2D eigenvalue weighted by atomic mass is 32.2. The zero-order valence-corrected chi connectivity index (χ0v) is 21.3. The maximum Gasteiger partial charge on any atom is 0.322 e. The van der Waals surface area contributed by atoms with Crippen LogP contribution in [0.25, 0.3) is 10.8 Å². The number of hydrogen-bond acceptors (Lipinski definition) is 8. The lowest BCUT2D eigenvalue weighted by molar-refractivity contribution is -0.139. The second-order valence-corrected chi connectivity index (χ2v) is 10.0. The van der Waals surface area contributed by atoms with Crippen LogP contribution in [0, 0.1) is 0 Å². The number of aliphatic carboxylic acids is 2. The van der Waals surface area contributed by atoms with Crippen molar-refractivity contribution < 1.29 is 37.8 Å². The van der Waals surface area contributed by atoms with E-state index in [-0.39, 0.29) is 10.6 Å². The Morgan fingerprint density at radius 2 is 1.64 bits per heavy atom. The summed E-state index contributed by atoms with van der Waals surface area (Å²) in [7, 11) is -0.665. The molecule has 2 rings (SSSR count). The SMILES string of the molecule is CN(C)c1cccc2c(S(=O)(=O)NC(CCC(=O)NC(CS)C(=O)NCC(=O)O)C(=O)O)cccc12. The van der Waals surface area contributed by atoms with Crippen LogP contribution in [-0.2, 0) is 29.2 Å². The predicted octanol–water partition coefficient (Wildman–Crippen LogP) is 0.0329. The van der Waals surface area contributed by atoms with E-state index < -0.39 is 65.2 Å². The van der Waals surface area contributed by atoms with Crippen molar-refractivity contribution in [3.63, 3.8) is 0 Å². The molecule has 0 aliphatic carbocycles. The van der Waals surface area contributed by atoms with Gasteiger partial charge in [-0.15, -0.1) is 0 Å². The van der Waals surface area contributed by atoms with Gasteiger partial charge in [-0.05, 0) is 18.6 Å². The summed E-state index contributed by atoms with van der Waals surface area (Å²) in [6.45, 7) is -0.647. The third-order valence-electron chi connectivity index (χ3n) is 5.13. The van der Waals surface area contributed by atoms with Gasteiger partial charge in [-0.25, -0.2) is 8.42 Å². The Morgan fingerprint density at radius 3 is 2.22 bits per heavy atom. The maximum atomic E-state index is 13.1. The molecule has 196 valence electrons. The van der Waals surface area contributed by atoms with Gasteiger partial charge in [0.25, 0.3) is 0 Å². The molecule has 36 heavy (non-hydrogen) atoms. The molecule has 2 aromatic carbocycles. The number of carbonyl (C=O) groups is 4. The number of thiol groups is 1. The molecule has 0 aliphatic rings. The largest absolute Gasteiger partial charge is 0.480 e. The molecule has 0 saturated carbocycles. The van der Waals surface area contributed by atoms with E-state index in [4.69, 9.17) is 5.11 Å². The Kier molecular flexibility index (Phi) is 10.1. The molecule has 0 heterocycles. The van der Waals surface area contributed by atoms with Crippen LogP contribution in [0.2, 0.25) is 0 Å². The van der Waals surface area contributed by atoms with E-state index in [0.29, 0.717) is 10.8 Å². The third-order valence-corrected chi connectivity index (χ3v) is 7.03. The van der Waals surface area contributed by atoms with Gasteiger partial charge >= 0.3 is 11.9 Å². The first-order chi connectivity index (χ1) is 16.9. The Morgan fingerprint density at radius 1 is 1.00 bits per heavy atom. The number of fused-ring (bicyclic) bond motifs is 1. The number of carbonyl (C=O) groups excluding carboxylic acids is 2. The number of rotatable bonds is 13. The first-order valence-corrected chi connectivity index (χ1v) is 12.8. The van der Waals surface area contributed by atoms with Gasteiger partial charge in [0.1, 0.15) is 18.6 Å². The third kappa shape index (κ3) is 7.57. The van der Waals surface area contributed by atoms with E-state index in [9.17, 15) is 32.7 Å². The maximum absolute atomic E-state index is 13.1. The van der Waals surface area contributed by atoms with Gasteiger partial charge in [0.2, 0.25) is 21.8 Å². The van der Waals surface area contributed by atoms with Crippen LogP contribution in [0.4, 0.5) is 5.69 Å². The van der Waals surface area contributed by atoms with Gasteiger partial charge in [0, 0.05) is 42.7 Å². The second kappa shape index (κ2) is 12.6. The smallest absolute Gasteiger partial charge is 0.322 e. The zero-order valence-electron chi connectivity index (χ0n) is 19.6. The van der Waals surface area contributed by atoms with Crippen LogP contribution in [0.1, 0.15) is 12.8 Å². The van der Waals surface area contributed by atoms with Gasteiger partial charge in [-0.1, -0.05) is 24.3 Å². The number of hydrogen-bond donors (Lipinski definition) is 6. The minimum atomic E-state index is -4.29. The topological polar surface area (TPSA) is 182 Å². The fraction of sp³-hybridized carbons (Fsp3) is 0.364. The van der Waals surface area contributed by atoms with Gasteiger partial charge in [-0.3, -0.25) is 19.2 Å². The molecule has 2 atom stereocenters. The van der Waals surface area contributed by atoms with Crippen molar-refractivity contribution in [3.05, 3.63) is 36.4 Å². The molecule has 0 aliphatic heterocycles. The molecular weight excluding hydrogens is 512 g/mol. The van der Waals surface area contributed by atoms with E-state index in [1.807, 2.05) is 25.1 Å². The highest BCUT2D eigenvalue weighted by Crippen LogP contribution is 2.30. The van der Waals surface area contributed by atoms with Crippen LogP contribution in [0.3, 0.4) is 0 Å². The zero-order chi connectivity index (χ0) is 27.0. The summed E-state index contributed by atoms with van der Waals surface area (Å²) in [6, 6.07) is 7.04. The Bertz CT molecular complexity index is 1250. The quantitative estimate of drug-likeness (QED) is 0.191. The van der Waals surface area contributed by atoms with Crippen LogP contribution >= 0.6 is 12.6 Å². The monoisotopic (exact) mass is 540 g/mol. The summed E-state index contributed by atoms with van der Waals surface area (Å²) in [4.78, 5) is 48.3. The highest BCUT2D eigenvalue weighted by molar-refractivity contribution is 7.89. The number of amides is 2. The standard InChI is InChI=1S/C22H28N4O8S2/c1-26(2)17-7-3-6-14-13(17)5-4-8-18(14)36(33,34)25-15(22(31)32)9-10-19(27)24-16(12-35)21(30)23-11-20(28)29/h3-8,15-16,25,35H,9-12H2,1-2H3,(H,23,30)(H,24,27)(H,28,29)(H,31,32). The molecule has 0 radical (unpaired) electrons. The number of nitrogens with zero attached hydrogens (tertiary/aromatic N) is 1. The van der Waals surface area contributed by atoms with Crippen molar-refractivity contribution in [2.24, 2.45) is 0 Å². The van der Waals surface area contributed by atoms with E-state index in [2.05, 4.69) is 28.0 Å². The predicted molar refractivity (Wildman–Crippen MR) is 136 cm³/mol. The van der Waals surface area contributed by atoms with Crippen molar-refractivity contribution in [2.45, 2.75) is 29.8 Å². The Hall–Kier alpha value is -3.36. The summed E-state index contributed by atoms with van der Waals surface area (Å²) < 4.78 is 28.4. The first kappa shape index (κ1) is 28.9. The van der Waals surface area contributed by atoms with E-state index in [1.165, 1.54) is 6.07 Å². The molecule has 0 saturated heterocycles. The van der Waals surface area contributed by atoms with E-state index in [1.54, 1.807) is 24.3 Å². The minimum Gasteiger partial charge on any atom is -0.480 e. The lowest BCUT2D eigenvalue weighted by Gasteiger charge is -2.19. The van der Waals surface area contributed by atoms with Gasteiger partial charge in [0.05, 0.1) is 4.90 Å². The van der Waals surface area contributed by atoms with E-state index in [0.717, 1.165) is 5.69 Å². The lowest BCUT2D eigenvalue weighted by Crippen LogP contribution is -2.49. The molecule has 2 unspecified atom stereocenters. The molecule has 2 aromatic rings. The van der Waals surface area contributed by atoms with Crippen LogP contribution in [0.15, 0.2) is 41.3 Å².